The second-order valence-corrected chi connectivity index (χ2v) is 5.83. The zero-order valence-corrected chi connectivity index (χ0v) is 12.0. The average Bonchev–Trinajstić information content (AvgIpc) is 2.90. The fourth-order valence-corrected chi connectivity index (χ4v) is 2.76. The molecule has 0 bridgehead atoms. The fraction of sp³-hybridized carbons (Fsp3) is 0.733. The minimum absolute atomic E-state index is 0.0471. The van der Waals surface area contributed by atoms with Crippen LogP contribution in [-0.4, -0.2) is 47.8 Å². The van der Waals surface area contributed by atoms with Crippen LogP contribution in [0.5, 0.6) is 0 Å². The van der Waals surface area contributed by atoms with Crippen LogP contribution in [0.2, 0.25) is 0 Å². The van der Waals surface area contributed by atoms with Crippen LogP contribution in [0, 0.1) is 11.8 Å². The zero-order chi connectivity index (χ0) is 13.8. The molecule has 4 heteroatoms. The van der Waals surface area contributed by atoms with Crippen molar-refractivity contribution in [2.75, 3.05) is 26.2 Å². The summed E-state index contributed by atoms with van der Waals surface area (Å²) >= 11 is 0. The van der Waals surface area contributed by atoms with Gasteiger partial charge in [-0.3, -0.25) is 9.59 Å². The first-order valence-electron chi connectivity index (χ1n) is 7.31. The van der Waals surface area contributed by atoms with E-state index in [-0.39, 0.29) is 17.7 Å². The first kappa shape index (κ1) is 14.1. The Morgan fingerprint density at radius 1 is 1.16 bits per heavy atom. The van der Waals surface area contributed by atoms with Crippen molar-refractivity contribution < 1.29 is 9.59 Å². The van der Waals surface area contributed by atoms with Crippen LogP contribution in [0.25, 0.3) is 0 Å². The molecule has 2 amide bonds. The lowest BCUT2D eigenvalue weighted by molar-refractivity contribution is -0.141. The highest BCUT2D eigenvalue weighted by atomic mass is 16.2. The van der Waals surface area contributed by atoms with Gasteiger partial charge >= 0.3 is 0 Å². The third-order valence-electron chi connectivity index (χ3n) is 3.99. The first-order chi connectivity index (χ1) is 9.08. The number of hydrogen-bond acceptors (Lipinski definition) is 2. The highest BCUT2D eigenvalue weighted by Gasteiger charge is 2.26. The Hall–Kier alpha value is -1.32. The Labute approximate surface area is 115 Å². The van der Waals surface area contributed by atoms with Crippen LogP contribution in [-0.2, 0) is 9.59 Å². The summed E-state index contributed by atoms with van der Waals surface area (Å²) in [5.74, 6) is 0.924. The van der Waals surface area contributed by atoms with Crippen LogP contribution in [0.3, 0.4) is 0 Å². The van der Waals surface area contributed by atoms with E-state index in [0.717, 1.165) is 12.8 Å². The van der Waals surface area contributed by atoms with Gasteiger partial charge in [0.05, 0.1) is 0 Å². The van der Waals surface area contributed by atoms with E-state index in [0.29, 0.717) is 38.5 Å². The minimum Gasteiger partial charge on any atom is -0.339 e. The van der Waals surface area contributed by atoms with Gasteiger partial charge in [0, 0.05) is 38.5 Å². The third kappa shape index (κ3) is 3.58. The second kappa shape index (κ2) is 6.22. The molecule has 0 N–H and O–H groups in total. The predicted octanol–water partition coefficient (Wildman–Crippen LogP) is 1.67. The molecule has 0 aromatic heterocycles. The third-order valence-corrected chi connectivity index (χ3v) is 3.99. The van der Waals surface area contributed by atoms with Gasteiger partial charge in [-0.25, -0.2) is 0 Å². The summed E-state index contributed by atoms with van der Waals surface area (Å²) in [6.07, 6.45) is 7.18. The summed E-state index contributed by atoms with van der Waals surface area (Å²) < 4.78 is 0. The van der Waals surface area contributed by atoms with Crippen molar-refractivity contribution in [3.8, 4) is 0 Å². The highest BCUT2D eigenvalue weighted by molar-refractivity contribution is 5.79. The highest BCUT2D eigenvalue weighted by Crippen LogP contribution is 2.21. The van der Waals surface area contributed by atoms with Crippen molar-refractivity contribution in [1.82, 2.24) is 9.80 Å². The predicted molar refractivity (Wildman–Crippen MR) is 74.5 cm³/mol. The number of amides is 2. The van der Waals surface area contributed by atoms with Gasteiger partial charge in [0.15, 0.2) is 0 Å². The molecular formula is C15H24N2O2. The van der Waals surface area contributed by atoms with E-state index in [9.17, 15) is 9.59 Å². The topological polar surface area (TPSA) is 40.6 Å². The van der Waals surface area contributed by atoms with Crippen LogP contribution in [0.4, 0.5) is 0 Å². The number of carbonyl (C=O) groups is 2. The molecule has 0 aromatic carbocycles. The van der Waals surface area contributed by atoms with Gasteiger partial charge in [-0.05, 0) is 18.8 Å². The Balaban J connectivity index is 1.77. The number of rotatable bonds is 3. The molecule has 0 saturated carbocycles. The Morgan fingerprint density at radius 3 is 2.32 bits per heavy atom. The zero-order valence-electron chi connectivity index (χ0n) is 12.0. The molecule has 1 aliphatic heterocycles. The van der Waals surface area contributed by atoms with E-state index in [1.165, 1.54) is 0 Å². The normalized spacial score (nSPS) is 23.2. The van der Waals surface area contributed by atoms with Crippen molar-refractivity contribution >= 4 is 11.8 Å². The fourth-order valence-electron chi connectivity index (χ4n) is 2.76. The summed E-state index contributed by atoms with van der Waals surface area (Å²) in [6, 6.07) is 0. The smallest absolute Gasteiger partial charge is 0.225 e. The number of hydrogen-bond donors (Lipinski definition) is 0. The van der Waals surface area contributed by atoms with Crippen LogP contribution < -0.4 is 0 Å². The summed E-state index contributed by atoms with van der Waals surface area (Å²) in [5.41, 5.74) is 0. The minimum atomic E-state index is 0.0471. The van der Waals surface area contributed by atoms with E-state index in [2.05, 4.69) is 12.2 Å². The summed E-state index contributed by atoms with van der Waals surface area (Å²) in [7, 11) is 0. The first-order valence-corrected chi connectivity index (χ1v) is 7.31. The van der Waals surface area contributed by atoms with Crippen molar-refractivity contribution in [3.63, 3.8) is 0 Å². The maximum absolute atomic E-state index is 12.2. The van der Waals surface area contributed by atoms with Gasteiger partial charge in [0.1, 0.15) is 0 Å². The van der Waals surface area contributed by atoms with Gasteiger partial charge in [0.2, 0.25) is 11.8 Å². The largest absolute Gasteiger partial charge is 0.339 e. The Bertz CT molecular complexity index is 368. The van der Waals surface area contributed by atoms with Crippen molar-refractivity contribution in [2.24, 2.45) is 11.8 Å². The van der Waals surface area contributed by atoms with Crippen molar-refractivity contribution in [2.45, 2.75) is 33.1 Å². The molecule has 4 nitrogen and oxygen atoms in total. The SMILES string of the molecule is CC(C)C(=O)N1CCN(C(=O)CC2C=CCC2)CC1. The van der Waals surface area contributed by atoms with E-state index < -0.39 is 0 Å². The van der Waals surface area contributed by atoms with E-state index in [1.807, 2.05) is 23.6 Å². The van der Waals surface area contributed by atoms with Crippen molar-refractivity contribution in [3.05, 3.63) is 12.2 Å². The molecular weight excluding hydrogens is 240 g/mol. The lowest BCUT2D eigenvalue weighted by Gasteiger charge is -2.36. The molecule has 0 aromatic rings. The molecule has 1 heterocycles. The van der Waals surface area contributed by atoms with Crippen LogP contribution in [0.1, 0.15) is 33.1 Å². The number of carbonyl (C=O) groups excluding carboxylic acids is 2. The molecule has 2 rings (SSSR count). The van der Waals surface area contributed by atoms with E-state index in [1.54, 1.807) is 0 Å². The molecule has 0 radical (unpaired) electrons. The Kier molecular flexibility index (Phi) is 4.61. The van der Waals surface area contributed by atoms with Gasteiger partial charge in [0.25, 0.3) is 0 Å². The molecule has 2 aliphatic rings. The molecule has 19 heavy (non-hydrogen) atoms. The summed E-state index contributed by atoms with van der Waals surface area (Å²) in [4.78, 5) is 27.8. The van der Waals surface area contributed by atoms with Gasteiger partial charge in [-0.1, -0.05) is 26.0 Å². The molecule has 1 unspecified atom stereocenters. The molecule has 1 saturated heterocycles. The summed E-state index contributed by atoms with van der Waals surface area (Å²) in [5, 5.41) is 0. The van der Waals surface area contributed by atoms with Crippen molar-refractivity contribution in [1.29, 1.82) is 0 Å². The maximum atomic E-state index is 12.2. The molecule has 1 aliphatic carbocycles. The lowest BCUT2D eigenvalue weighted by atomic mass is 10.0. The maximum Gasteiger partial charge on any atom is 0.225 e. The van der Waals surface area contributed by atoms with E-state index >= 15 is 0 Å². The quantitative estimate of drug-likeness (QED) is 0.728. The van der Waals surface area contributed by atoms with Crippen LogP contribution >= 0.6 is 0 Å². The van der Waals surface area contributed by atoms with Gasteiger partial charge < -0.3 is 9.80 Å². The monoisotopic (exact) mass is 264 g/mol. The summed E-state index contributed by atoms with van der Waals surface area (Å²) in [6.45, 7) is 6.59. The van der Waals surface area contributed by atoms with Gasteiger partial charge in [-0.15, -0.1) is 0 Å². The molecule has 106 valence electrons. The van der Waals surface area contributed by atoms with E-state index in [4.69, 9.17) is 0 Å². The average molecular weight is 264 g/mol. The van der Waals surface area contributed by atoms with Crippen LogP contribution in [0.15, 0.2) is 12.2 Å². The number of allylic oxidation sites excluding steroid dienone is 2. The molecule has 1 atom stereocenters. The number of piperazine rings is 1. The standard InChI is InChI=1S/C15H24N2O2/c1-12(2)15(19)17-9-7-16(8-10-17)14(18)11-13-5-3-4-6-13/h3,5,12-13H,4,6-11H2,1-2H3. The second-order valence-electron chi connectivity index (χ2n) is 5.83. The molecule has 1 fully saturated rings. The van der Waals surface area contributed by atoms with Gasteiger partial charge in [-0.2, -0.15) is 0 Å². The molecule has 0 spiro atoms. The Morgan fingerprint density at radius 2 is 1.79 bits per heavy atom. The number of nitrogens with zero attached hydrogens (tertiary/aromatic N) is 2. The lowest BCUT2D eigenvalue weighted by Crippen LogP contribution is -2.51.